The van der Waals surface area contributed by atoms with Gasteiger partial charge in [-0.2, -0.15) is 0 Å². The van der Waals surface area contributed by atoms with Crippen molar-refractivity contribution >= 4 is 24.0 Å². The normalized spacial score (nSPS) is 18.6. The van der Waals surface area contributed by atoms with Gasteiger partial charge in [0.2, 0.25) is 17.7 Å². The second-order valence-electron chi connectivity index (χ2n) is 10.1. The third-order valence-electron chi connectivity index (χ3n) is 6.84. The van der Waals surface area contributed by atoms with Gasteiger partial charge >= 0.3 is 0 Å². The molecule has 0 spiro atoms. The average Bonchev–Trinajstić information content (AvgIpc) is 3.37. The number of carbonyl (C=O) groups excluding carboxylic acids is 4. The highest BCUT2D eigenvalue weighted by Crippen LogP contribution is 2.24. The first-order valence-electron chi connectivity index (χ1n) is 13.4. The van der Waals surface area contributed by atoms with Crippen molar-refractivity contribution in [3.8, 4) is 0 Å². The van der Waals surface area contributed by atoms with Gasteiger partial charge in [0.15, 0.2) is 0 Å². The Labute approximate surface area is 225 Å². The predicted molar refractivity (Wildman–Crippen MR) is 145 cm³/mol. The van der Waals surface area contributed by atoms with Gasteiger partial charge in [0.1, 0.15) is 18.4 Å². The molecule has 3 rings (SSSR count). The molecule has 3 amide bonds. The molecule has 0 aliphatic carbocycles. The van der Waals surface area contributed by atoms with Crippen LogP contribution in [0.4, 0.5) is 0 Å². The van der Waals surface area contributed by atoms with Crippen LogP contribution in [0.2, 0.25) is 0 Å². The van der Waals surface area contributed by atoms with Crippen molar-refractivity contribution in [3.63, 3.8) is 0 Å². The molecule has 2 N–H and O–H groups in total. The lowest BCUT2D eigenvalue weighted by Crippen LogP contribution is -2.56. The fourth-order valence-corrected chi connectivity index (χ4v) is 4.55. The van der Waals surface area contributed by atoms with E-state index in [9.17, 15) is 19.2 Å². The number of carbonyl (C=O) groups is 4. The molecule has 1 fully saturated rings. The van der Waals surface area contributed by atoms with E-state index in [1.54, 1.807) is 0 Å². The monoisotopic (exact) mass is 521 g/mol. The van der Waals surface area contributed by atoms with Crippen LogP contribution in [0.25, 0.3) is 0 Å². The summed E-state index contributed by atoms with van der Waals surface area (Å²) in [6, 6.07) is 17.2. The number of hydrogen-bond acceptors (Lipinski definition) is 5. The largest absolute Gasteiger partial charge is 0.372 e. The maximum Gasteiger partial charge on any atom is 0.246 e. The Kier molecular flexibility index (Phi) is 11.0. The fraction of sp³-hybridized carbons (Fsp3) is 0.467. The van der Waals surface area contributed by atoms with Crippen molar-refractivity contribution < 1.29 is 23.9 Å². The maximum absolute atomic E-state index is 13.8. The van der Waals surface area contributed by atoms with Crippen LogP contribution in [0.15, 0.2) is 60.7 Å². The topological polar surface area (TPSA) is 105 Å². The van der Waals surface area contributed by atoms with E-state index in [4.69, 9.17) is 4.74 Å². The quantitative estimate of drug-likeness (QED) is 0.394. The summed E-state index contributed by atoms with van der Waals surface area (Å²) in [7, 11) is 0. The minimum Gasteiger partial charge on any atom is -0.372 e. The van der Waals surface area contributed by atoms with Crippen LogP contribution in [-0.2, 0) is 36.9 Å². The highest BCUT2D eigenvalue weighted by molar-refractivity contribution is 5.93. The highest BCUT2D eigenvalue weighted by Gasteiger charge is 2.43. The summed E-state index contributed by atoms with van der Waals surface area (Å²) in [5.74, 6) is -1.11. The lowest BCUT2D eigenvalue weighted by atomic mass is 10.0. The van der Waals surface area contributed by atoms with Crippen LogP contribution in [0.3, 0.4) is 0 Å². The smallest absolute Gasteiger partial charge is 0.246 e. The molecule has 204 valence electrons. The molecular formula is C30H39N3O5. The molecular weight excluding hydrogens is 482 g/mol. The zero-order valence-electron chi connectivity index (χ0n) is 22.5. The molecule has 8 heteroatoms. The Morgan fingerprint density at radius 3 is 2.21 bits per heavy atom. The van der Waals surface area contributed by atoms with Crippen molar-refractivity contribution in [2.75, 3.05) is 6.54 Å². The van der Waals surface area contributed by atoms with Crippen LogP contribution in [0.5, 0.6) is 0 Å². The molecule has 1 aliphatic rings. The molecule has 4 atom stereocenters. The summed E-state index contributed by atoms with van der Waals surface area (Å²) in [4.78, 5) is 52.6. The maximum atomic E-state index is 13.8. The van der Waals surface area contributed by atoms with Crippen LogP contribution >= 0.6 is 0 Å². The minimum atomic E-state index is -0.792. The van der Waals surface area contributed by atoms with Crippen molar-refractivity contribution in [3.05, 3.63) is 71.8 Å². The first kappa shape index (κ1) is 29.0. The van der Waals surface area contributed by atoms with E-state index >= 15 is 0 Å². The van der Waals surface area contributed by atoms with E-state index in [-0.39, 0.29) is 42.7 Å². The van der Waals surface area contributed by atoms with Gasteiger partial charge in [0.05, 0.1) is 18.8 Å². The standard InChI is InChI=1S/C30H39N3O5/c1-4-24(19-34)31-29(36)26-17-25(38-20-23-13-9-6-10-14-23)18-33(26)30(37)28(21(2)3)32-27(35)16-15-22-11-7-5-8-12-22/h5-14,19,21,24-26,28H,4,15-18,20H2,1-3H3,(H,31,36)(H,32,35)/t24-,25+,26-,28-/m0/s1. The van der Waals surface area contributed by atoms with E-state index in [1.807, 2.05) is 81.4 Å². The fourth-order valence-electron chi connectivity index (χ4n) is 4.55. The first-order chi connectivity index (χ1) is 18.3. The number of nitrogens with one attached hydrogen (secondary N) is 2. The van der Waals surface area contributed by atoms with Crippen molar-refractivity contribution in [1.82, 2.24) is 15.5 Å². The number of likely N-dealkylation sites (tertiary alicyclic amines) is 1. The Balaban J connectivity index is 1.71. The van der Waals surface area contributed by atoms with Gasteiger partial charge in [-0.3, -0.25) is 14.4 Å². The predicted octanol–water partition coefficient (Wildman–Crippen LogP) is 3.04. The molecule has 8 nitrogen and oxygen atoms in total. The van der Waals surface area contributed by atoms with Gasteiger partial charge in [-0.15, -0.1) is 0 Å². The number of aldehydes is 1. The number of aryl methyl sites for hydroxylation is 1. The van der Waals surface area contributed by atoms with Gasteiger partial charge in [-0.1, -0.05) is 81.4 Å². The third-order valence-corrected chi connectivity index (χ3v) is 6.84. The van der Waals surface area contributed by atoms with Crippen LogP contribution in [0.1, 0.15) is 51.2 Å². The molecule has 0 unspecified atom stereocenters. The molecule has 38 heavy (non-hydrogen) atoms. The molecule has 1 heterocycles. The number of benzene rings is 2. The van der Waals surface area contributed by atoms with E-state index in [0.29, 0.717) is 32.2 Å². The summed E-state index contributed by atoms with van der Waals surface area (Å²) >= 11 is 0. The second kappa shape index (κ2) is 14.4. The number of ether oxygens (including phenoxy) is 1. The summed E-state index contributed by atoms with van der Waals surface area (Å²) in [6.45, 7) is 6.13. The SMILES string of the molecule is CC[C@@H](C=O)NC(=O)[C@@H]1C[C@@H](OCc2ccccc2)CN1C(=O)[C@@H](NC(=O)CCc1ccccc1)C(C)C. The number of amides is 3. The average molecular weight is 522 g/mol. The number of rotatable bonds is 13. The van der Waals surface area contributed by atoms with E-state index in [1.165, 1.54) is 4.90 Å². The van der Waals surface area contributed by atoms with Crippen molar-refractivity contribution in [2.45, 2.75) is 77.3 Å². The Hall–Kier alpha value is -3.52. The van der Waals surface area contributed by atoms with E-state index in [0.717, 1.165) is 11.1 Å². The van der Waals surface area contributed by atoms with E-state index in [2.05, 4.69) is 10.6 Å². The summed E-state index contributed by atoms with van der Waals surface area (Å²) in [5.41, 5.74) is 2.04. The number of hydrogen-bond donors (Lipinski definition) is 2. The molecule has 2 aromatic carbocycles. The van der Waals surface area contributed by atoms with Gasteiger partial charge < -0.3 is 25.1 Å². The second-order valence-corrected chi connectivity index (χ2v) is 10.1. The van der Waals surface area contributed by atoms with Gasteiger partial charge in [-0.05, 0) is 29.9 Å². The Bertz CT molecular complexity index is 1060. The third kappa shape index (κ3) is 8.25. The van der Waals surface area contributed by atoms with Crippen LogP contribution in [0, 0.1) is 5.92 Å². The van der Waals surface area contributed by atoms with Gasteiger partial charge in [-0.25, -0.2) is 0 Å². The zero-order chi connectivity index (χ0) is 27.5. The van der Waals surface area contributed by atoms with Crippen LogP contribution < -0.4 is 10.6 Å². The van der Waals surface area contributed by atoms with Crippen LogP contribution in [-0.4, -0.2) is 59.7 Å². The minimum absolute atomic E-state index is 0.186. The van der Waals surface area contributed by atoms with E-state index < -0.39 is 18.1 Å². The highest BCUT2D eigenvalue weighted by atomic mass is 16.5. The molecule has 1 aliphatic heterocycles. The zero-order valence-corrected chi connectivity index (χ0v) is 22.5. The lowest BCUT2D eigenvalue weighted by molar-refractivity contribution is -0.143. The Morgan fingerprint density at radius 2 is 1.63 bits per heavy atom. The first-order valence-corrected chi connectivity index (χ1v) is 13.4. The summed E-state index contributed by atoms with van der Waals surface area (Å²) < 4.78 is 6.09. The van der Waals surface area contributed by atoms with Gasteiger partial charge in [0, 0.05) is 19.4 Å². The molecule has 1 saturated heterocycles. The molecule has 0 saturated carbocycles. The molecule has 0 aromatic heterocycles. The molecule has 2 aromatic rings. The molecule has 0 radical (unpaired) electrons. The van der Waals surface area contributed by atoms with Crippen molar-refractivity contribution in [2.24, 2.45) is 5.92 Å². The summed E-state index contributed by atoms with van der Waals surface area (Å²) in [5, 5.41) is 5.64. The Morgan fingerprint density at radius 1 is 1.00 bits per heavy atom. The van der Waals surface area contributed by atoms with Crippen molar-refractivity contribution in [1.29, 1.82) is 0 Å². The lowest BCUT2D eigenvalue weighted by Gasteiger charge is -2.30. The molecule has 0 bridgehead atoms. The number of nitrogens with zero attached hydrogens (tertiary/aromatic N) is 1. The van der Waals surface area contributed by atoms with Gasteiger partial charge in [0.25, 0.3) is 0 Å². The summed E-state index contributed by atoms with van der Waals surface area (Å²) in [6.07, 6.45) is 1.94.